The average Bonchev–Trinajstić information content (AvgIpc) is 3.84. The van der Waals surface area contributed by atoms with Crippen molar-refractivity contribution in [2.45, 2.75) is 0 Å². The van der Waals surface area contributed by atoms with E-state index in [9.17, 15) is 0 Å². The van der Waals surface area contributed by atoms with Crippen LogP contribution >= 0.6 is 0 Å². The molecule has 3 heteroatoms. The minimum absolute atomic E-state index is 0.849. The van der Waals surface area contributed by atoms with Crippen molar-refractivity contribution in [1.82, 2.24) is 0 Å². The van der Waals surface area contributed by atoms with Crippen LogP contribution < -0.4 is 0 Å². The first kappa shape index (κ1) is 24.9. The van der Waals surface area contributed by atoms with Crippen molar-refractivity contribution in [3.8, 4) is 22.3 Å². The number of hydrogen-bond acceptors (Lipinski definition) is 3. The van der Waals surface area contributed by atoms with Crippen LogP contribution in [0.4, 0.5) is 0 Å². The van der Waals surface area contributed by atoms with Gasteiger partial charge in [0.15, 0.2) is 0 Å². The van der Waals surface area contributed by atoms with E-state index in [1.165, 1.54) is 38.1 Å². The normalized spacial score (nSPS) is 12.3. The van der Waals surface area contributed by atoms with Crippen molar-refractivity contribution in [3.63, 3.8) is 0 Å². The second kappa shape index (κ2) is 9.12. The highest BCUT2D eigenvalue weighted by atomic mass is 16.3. The van der Waals surface area contributed by atoms with Gasteiger partial charge in [0, 0.05) is 38.1 Å². The monoisotopic (exact) mass is 600 g/mol. The second-order valence-corrected chi connectivity index (χ2v) is 12.4. The molecule has 218 valence electrons. The van der Waals surface area contributed by atoms with Crippen LogP contribution in [0, 0.1) is 0 Å². The summed E-state index contributed by atoms with van der Waals surface area (Å²) in [7, 11) is 0. The van der Waals surface area contributed by atoms with Crippen molar-refractivity contribution in [2.75, 3.05) is 0 Å². The Morgan fingerprint density at radius 1 is 0.340 bits per heavy atom. The minimum atomic E-state index is 0.849. The molecule has 8 aromatic carbocycles. The van der Waals surface area contributed by atoms with Gasteiger partial charge in [0.05, 0.1) is 6.26 Å². The summed E-state index contributed by atoms with van der Waals surface area (Å²) in [6.45, 7) is 0. The molecule has 0 N–H and O–H groups in total. The average molecular weight is 601 g/mol. The highest BCUT2D eigenvalue weighted by molar-refractivity contribution is 6.29. The molecular weight excluding hydrogens is 576 g/mol. The molecule has 0 aliphatic heterocycles. The van der Waals surface area contributed by atoms with Gasteiger partial charge in [-0.15, -0.1) is 0 Å². The first-order valence-electron chi connectivity index (χ1n) is 15.9. The van der Waals surface area contributed by atoms with Gasteiger partial charge in [0.2, 0.25) is 0 Å². The highest BCUT2D eigenvalue weighted by Gasteiger charge is 2.23. The van der Waals surface area contributed by atoms with E-state index in [2.05, 4.69) is 109 Å². The zero-order valence-electron chi connectivity index (χ0n) is 25.1. The lowest BCUT2D eigenvalue weighted by atomic mass is 9.84. The number of rotatable bonds is 2. The van der Waals surface area contributed by atoms with E-state index in [1.54, 1.807) is 6.26 Å². The van der Waals surface area contributed by atoms with Gasteiger partial charge in [0.1, 0.15) is 27.9 Å². The summed E-state index contributed by atoms with van der Waals surface area (Å²) in [5, 5.41) is 12.6. The molecule has 0 fully saturated rings. The van der Waals surface area contributed by atoms with Crippen LogP contribution in [0.5, 0.6) is 0 Å². The molecule has 3 nitrogen and oxygen atoms in total. The standard InChI is InChI=1S/C44H24O3/c1-3-14-29-27(12-1)41(31-17-9-10-25-22-40-35(23-34(25)31)26-11-5-7-18-37(26)46-40)28-13-2-4-15-30(28)42(29)36-24-39-33(20-21-45-39)43-32-16-6-8-19-38(32)47-44(36)43/h1-24H. The number of fused-ring (bicyclic) bond motifs is 11. The summed E-state index contributed by atoms with van der Waals surface area (Å²) in [4.78, 5) is 0. The molecule has 47 heavy (non-hydrogen) atoms. The molecule has 0 radical (unpaired) electrons. The van der Waals surface area contributed by atoms with Gasteiger partial charge in [-0.1, -0.05) is 103 Å². The van der Waals surface area contributed by atoms with E-state index in [0.29, 0.717) is 0 Å². The largest absolute Gasteiger partial charge is 0.464 e. The molecule has 0 aliphatic carbocycles. The molecule has 0 spiro atoms. The van der Waals surface area contributed by atoms with E-state index in [4.69, 9.17) is 13.3 Å². The van der Waals surface area contributed by atoms with Gasteiger partial charge >= 0.3 is 0 Å². The lowest BCUT2D eigenvalue weighted by Gasteiger charge is -2.19. The predicted molar refractivity (Wildman–Crippen MR) is 194 cm³/mol. The Morgan fingerprint density at radius 3 is 1.66 bits per heavy atom. The van der Waals surface area contributed by atoms with Crippen LogP contribution in [0.25, 0.3) is 109 Å². The Kier molecular flexibility index (Phi) is 4.84. The predicted octanol–water partition coefficient (Wildman–Crippen LogP) is 13.0. The van der Waals surface area contributed by atoms with Gasteiger partial charge in [0.25, 0.3) is 0 Å². The van der Waals surface area contributed by atoms with E-state index < -0.39 is 0 Å². The first-order chi connectivity index (χ1) is 23.3. The molecule has 0 aliphatic rings. The maximum Gasteiger partial charge on any atom is 0.144 e. The smallest absolute Gasteiger partial charge is 0.144 e. The van der Waals surface area contributed by atoms with Crippen LogP contribution in [0.2, 0.25) is 0 Å². The summed E-state index contributed by atoms with van der Waals surface area (Å²) >= 11 is 0. The topological polar surface area (TPSA) is 39.4 Å². The summed E-state index contributed by atoms with van der Waals surface area (Å²) in [6.07, 6.45) is 1.77. The molecule has 11 aromatic rings. The van der Waals surface area contributed by atoms with E-state index in [1.807, 2.05) is 30.3 Å². The molecule has 3 heterocycles. The summed E-state index contributed by atoms with van der Waals surface area (Å²) in [6, 6.07) is 49.4. The zero-order valence-corrected chi connectivity index (χ0v) is 25.1. The molecule has 0 bridgehead atoms. The van der Waals surface area contributed by atoms with Crippen molar-refractivity contribution in [2.24, 2.45) is 0 Å². The van der Waals surface area contributed by atoms with E-state index in [0.717, 1.165) is 71.4 Å². The van der Waals surface area contributed by atoms with Crippen LogP contribution in [0.1, 0.15) is 0 Å². The zero-order chi connectivity index (χ0) is 30.6. The van der Waals surface area contributed by atoms with Gasteiger partial charge in [-0.05, 0) is 79.8 Å². The van der Waals surface area contributed by atoms with E-state index in [-0.39, 0.29) is 0 Å². The SMILES string of the molecule is c1cc(-c2c3ccccc3c(-c3cc4occc4c4c3oc3ccccc34)c3ccccc23)c2cc3c(cc2c1)oc1ccccc13. The fourth-order valence-corrected chi connectivity index (χ4v) is 7.95. The Balaban J connectivity index is 1.30. The van der Waals surface area contributed by atoms with Crippen molar-refractivity contribution in [3.05, 3.63) is 146 Å². The third-order valence-corrected chi connectivity index (χ3v) is 9.93. The van der Waals surface area contributed by atoms with Gasteiger partial charge in [-0.25, -0.2) is 0 Å². The molecule has 0 amide bonds. The number of benzene rings is 8. The summed E-state index contributed by atoms with van der Waals surface area (Å²) in [5.41, 5.74) is 9.00. The quantitative estimate of drug-likeness (QED) is 0.185. The number of para-hydroxylation sites is 2. The Morgan fingerprint density at radius 2 is 0.936 bits per heavy atom. The van der Waals surface area contributed by atoms with Crippen molar-refractivity contribution < 1.29 is 13.3 Å². The second-order valence-electron chi connectivity index (χ2n) is 12.4. The third-order valence-electron chi connectivity index (χ3n) is 9.93. The van der Waals surface area contributed by atoms with Crippen molar-refractivity contribution >= 4 is 87.2 Å². The van der Waals surface area contributed by atoms with Crippen LogP contribution in [-0.2, 0) is 0 Å². The maximum atomic E-state index is 6.70. The Hall–Kier alpha value is -6.32. The Labute approximate surface area is 267 Å². The molecule has 0 saturated heterocycles. The number of hydrogen-bond donors (Lipinski definition) is 0. The van der Waals surface area contributed by atoms with Crippen LogP contribution in [0.3, 0.4) is 0 Å². The molecule has 0 unspecified atom stereocenters. The Bertz CT molecular complexity index is 3020. The fraction of sp³-hybridized carbons (Fsp3) is 0. The first-order valence-corrected chi connectivity index (χ1v) is 15.9. The van der Waals surface area contributed by atoms with Gasteiger partial charge in [-0.3, -0.25) is 0 Å². The fourth-order valence-electron chi connectivity index (χ4n) is 7.95. The lowest BCUT2D eigenvalue weighted by molar-refractivity contribution is 0.615. The lowest BCUT2D eigenvalue weighted by Crippen LogP contribution is -1.92. The minimum Gasteiger partial charge on any atom is -0.464 e. The summed E-state index contributed by atoms with van der Waals surface area (Å²) in [5.74, 6) is 0. The molecular formula is C44H24O3. The summed E-state index contributed by atoms with van der Waals surface area (Å²) < 4.78 is 19.1. The maximum absolute atomic E-state index is 6.70. The molecule has 0 saturated carbocycles. The van der Waals surface area contributed by atoms with Gasteiger partial charge < -0.3 is 13.3 Å². The van der Waals surface area contributed by atoms with Gasteiger partial charge in [-0.2, -0.15) is 0 Å². The number of furan rings is 3. The van der Waals surface area contributed by atoms with Crippen LogP contribution in [-0.4, -0.2) is 0 Å². The molecule has 3 aromatic heterocycles. The van der Waals surface area contributed by atoms with Crippen LogP contribution in [0.15, 0.2) is 159 Å². The highest BCUT2D eigenvalue weighted by Crippen LogP contribution is 2.49. The third kappa shape index (κ3) is 3.35. The molecule has 0 atom stereocenters. The molecule has 11 rings (SSSR count). The van der Waals surface area contributed by atoms with Crippen molar-refractivity contribution in [1.29, 1.82) is 0 Å². The van der Waals surface area contributed by atoms with E-state index >= 15 is 0 Å².